The van der Waals surface area contributed by atoms with Gasteiger partial charge < -0.3 is 9.64 Å². The minimum Gasteiger partial charge on any atom is -0.483 e. The summed E-state index contributed by atoms with van der Waals surface area (Å²) in [4.78, 5) is 13.9. The molecule has 0 aliphatic rings. The van der Waals surface area contributed by atoms with Crippen molar-refractivity contribution in [2.45, 2.75) is 11.8 Å². The van der Waals surface area contributed by atoms with E-state index in [1.54, 1.807) is 20.0 Å². The Morgan fingerprint density at radius 3 is 2.24 bits per heavy atom. The van der Waals surface area contributed by atoms with Gasteiger partial charge in [-0.05, 0) is 42.8 Å². The summed E-state index contributed by atoms with van der Waals surface area (Å²) in [5.74, 6) is 0.281. The lowest BCUT2D eigenvalue weighted by molar-refractivity contribution is -0.120. The molecular weight excluding hydrogens is 340 g/mol. The maximum Gasteiger partial charge on any atom is 0.264 e. The monoisotopic (exact) mass is 362 g/mol. The predicted octanol–water partition coefficient (Wildman–Crippen LogP) is 2.29. The fraction of sp³-hybridized carbons (Fsp3) is 0.278. The summed E-state index contributed by atoms with van der Waals surface area (Å²) >= 11 is 0. The van der Waals surface area contributed by atoms with Gasteiger partial charge in [0.05, 0.1) is 4.90 Å². The summed E-state index contributed by atoms with van der Waals surface area (Å²) < 4.78 is 31.0. The van der Waals surface area contributed by atoms with E-state index in [4.69, 9.17) is 4.74 Å². The molecule has 0 heterocycles. The number of carbonyl (C=O) groups excluding carboxylic acids is 1. The van der Waals surface area contributed by atoms with Crippen molar-refractivity contribution in [2.75, 3.05) is 32.6 Å². The minimum atomic E-state index is -3.49. The molecule has 25 heavy (non-hydrogen) atoms. The van der Waals surface area contributed by atoms with Crippen LogP contribution in [0.1, 0.15) is 5.56 Å². The van der Waals surface area contributed by atoms with Crippen molar-refractivity contribution in [3.63, 3.8) is 0 Å². The first kappa shape index (κ1) is 19.0. The van der Waals surface area contributed by atoms with Crippen molar-refractivity contribution in [1.82, 2.24) is 4.31 Å². The van der Waals surface area contributed by atoms with Crippen LogP contribution in [-0.4, -0.2) is 46.4 Å². The van der Waals surface area contributed by atoms with Crippen LogP contribution in [0.15, 0.2) is 53.4 Å². The van der Waals surface area contributed by atoms with Crippen LogP contribution in [-0.2, 0) is 14.8 Å². The van der Waals surface area contributed by atoms with E-state index in [-0.39, 0.29) is 17.4 Å². The smallest absolute Gasteiger partial charge is 0.264 e. The Hall–Kier alpha value is -2.38. The summed E-state index contributed by atoms with van der Waals surface area (Å²) in [5, 5.41) is 0. The van der Waals surface area contributed by atoms with Crippen LogP contribution in [0, 0.1) is 6.92 Å². The molecule has 0 fully saturated rings. The number of hydrogen-bond donors (Lipinski definition) is 0. The number of ether oxygens (including phenoxy) is 1. The Kier molecular flexibility index (Phi) is 5.81. The van der Waals surface area contributed by atoms with E-state index in [9.17, 15) is 13.2 Å². The standard InChI is InChI=1S/C18H22N2O4S/c1-14-12-16(25(22,23)19(2)3)10-11-17(14)24-13-18(21)20(4)15-8-6-5-7-9-15/h5-12H,13H2,1-4H3. The van der Waals surface area contributed by atoms with Gasteiger partial charge in [0.15, 0.2) is 6.61 Å². The number of likely N-dealkylation sites (N-methyl/N-ethyl adjacent to an activating group) is 1. The SMILES string of the molecule is Cc1cc(S(=O)(=O)N(C)C)ccc1OCC(=O)N(C)c1ccccc1. The molecule has 2 rings (SSSR count). The second-order valence-electron chi connectivity index (χ2n) is 5.79. The second-order valence-corrected chi connectivity index (χ2v) is 7.94. The third-order valence-electron chi connectivity index (χ3n) is 3.79. The molecule has 0 aliphatic heterocycles. The van der Waals surface area contributed by atoms with E-state index in [2.05, 4.69) is 0 Å². The third kappa shape index (κ3) is 4.37. The van der Waals surface area contributed by atoms with Gasteiger partial charge in [-0.1, -0.05) is 18.2 Å². The van der Waals surface area contributed by atoms with Gasteiger partial charge in [-0.15, -0.1) is 0 Å². The highest BCUT2D eigenvalue weighted by Crippen LogP contribution is 2.23. The molecule has 0 unspecified atom stereocenters. The number of nitrogens with zero attached hydrogens (tertiary/aromatic N) is 2. The average molecular weight is 362 g/mol. The molecular formula is C18H22N2O4S. The molecule has 6 nitrogen and oxygen atoms in total. The number of sulfonamides is 1. The fourth-order valence-electron chi connectivity index (χ4n) is 2.19. The molecule has 0 atom stereocenters. The maximum absolute atomic E-state index is 12.2. The highest BCUT2D eigenvalue weighted by molar-refractivity contribution is 7.89. The van der Waals surface area contributed by atoms with Gasteiger partial charge in [0, 0.05) is 26.8 Å². The number of carbonyl (C=O) groups is 1. The van der Waals surface area contributed by atoms with Gasteiger partial charge in [-0.25, -0.2) is 12.7 Å². The first-order chi connectivity index (χ1) is 11.7. The van der Waals surface area contributed by atoms with Crippen LogP contribution in [0.25, 0.3) is 0 Å². The molecule has 2 aromatic rings. The van der Waals surface area contributed by atoms with Gasteiger partial charge >= 0.3 is 0 Å². The Morgan fingerprint density at radius 1 is 1.04 bits per heavy atom. The number of para-hydroxylation sites is 1. The van der Waals surface area contributed by atoms with E-state index >= 15 is 0 Å². The Morgan fingerprint density at radius 2 is 1.68 bits per heavy atom. The molecule has 1 amide bonds. The molecule has 0 bridgehead atoms. The number of aryl methyl sites for hydroxylation is 1. The van der Waals surface area contributed by atoms with Crippen LogP contribution in [0.5, 0.6) is 5.75 Å². The lowest BCUT2D eigenvalue weighted by Gasteiger charge is -2.18. The first-order valence-corrected chi connectivity index (χ1v) is 9.15. The fourth-order valence-corrected chi connectivity index (χ4v) is 3.17. The number of hydrogen-bond acceptors (Lipinski definition) is 4. The van der Waals surface area contributed by atoms with Crippen LogP contribution >= 0.6 is 0 Å². The maximum atomic E-state index is 12.2. The molecule has 0 N–H and O–H groups in total. The van der Waals surface area contributed by atoms with Crippen LogP contribution in [0.2, 0.25) is 0 Å². The van der Waals surface area contributed by atoms with Crippen molar-refractivity contribution in [2.24, 2.45) is 0 Å². The van der Waals surface area contributed by atoms with Crippen LogP contribution in [0.3, 0.4) is 0 Å². The van der Waals surface area contributed by atoms with Gasteiger partial charge in [0.2, 0.25) is 10.0 Å². The zero-order chi connectivity index (χ0) is 18.6. The zero-order valence-corrected chi connectivity index (χ0v) is 15.6. The Bertz CT molecular complexity index is 849. The van der Waals surface area contributed by atoms with Crippen molar-refractivity contribution >= 4 is 21.6 Å². The molecule has 2 aromatic carbocycles. The van der Waals surface area contributed by atoms with Gasteiger partial charge in [-0.2, -0.15) is 0 Å². The van der Waals surface area contributed by atoms with E-state index < -0.39 is 10.0 Å². The molecule has 0 spiro atoms. The molecule has 0 saturated carbocycles. The molecule has 0 aromatic heterocycles. The number of anilines is 1. The minimum absolute atomic E-state index is 0.133. The zero-order valence-electron chi connectivity index (χ0n) is 14.8. The molecule has 7 heteroatoms. The van der Waals surface area contributed by atoms with E-state index in [1.807, 2.05) is 30.3 Å². The lowest BCUT2D eigenvalue weighted by Crippen LogP contribution is -2.31. The predicted molar refractivity (Wildman–Crippen MR) is 97.4 cm³/mol. The molecule has 0 radical (unpaired) electrons. The van der Waals surface area contributed by atoms with Crippen molar-refractivity contribution in [3.8, 4) is 5.75 Å². The van der Waals surface area contributed by atoms with E-state index in [0.717, 1.165) is 9.99 Å². The number of benzene rings is 2. The summed E-state index contributed by atoms with van der Waals surface area (Å²) in [6, 6.07) is 13.8. The second kappa shape index (κ2) is 7.67. The molecule has 0 saturated heterocycles. The summed E-state index contributed by atoms with van der Waals surface area (Å²) in [6.07, 6.45) is 0. The number of amides is 1. The van der Waals surface area contributed by atoms with Crippen molar-refractivity contribution < 1.29 is 17.9 Å². The van der Waals surface area contributed by atoms with Crippen LogP contribution in [0.4, 0.5) is 5.69 Å². The van der Waals surface area contributed by atoms with E-state index in [1.165, 1.54) is 31.1 Å². The van der Waals surface area contributed by atoms with Crippen LogP contribution < -0.4 is 9.64 Å². The normalized spacial score (nSPS) is 11.4. The lowest BCUT2D eigenvalue weighted by atomic mass is 10.2. The molecule has 0 aliphatic carbocycles. The summed E-state index contributed by atoms with van der Waals surface area (Å²) in [7, 11) is 1.15. The van der Waals surface area contributed by atoms with E-state index in [0.29, 0.717) is 11.3 Å². The number of rotatable bonds is 6. The van der Waals surface area contributed by atoms with Crippen molar-refractivity contribution in [3.05, 3.63) is 54.1 Å². The van der Waals surface area contributed by atoms with Gasteiger partial charge in [-0.3, -0.25) is 4.79 Å². The van der Waals surface area contributed by atoms with Gasteiger partial charge in [0.25, 0.3) is 5.91 Å². The Balaban J connectivity index is 2.08. The average Bonchev–Trinajstić information content (AvgIpc) is 2.60. The largest absolute Gasteiger partial charge is 0.483 e. The topological polar surface area (TPSA) is 66.9 Å². The van der Waals surface area contributed by atoms with Gasteiger partial charge in [0.1, 0.15) is 5.75 Å². The third-order valence-corrected chi connectivity index (χ3v) is 5.60. The quantitative estimate of drug-likeness (QED) is 0.791. The first-order valence-electron chi connectivity index (χ1n) is 7.71. The Labute approximate surface area is 148 Å². The highest BCUT2D eigenvalue weighted by Gasteiger charge is 2.18. The summed E-state index contributed by atoms with van der Waals surface area (Å²) in [6.45, 7) is 1.61. The summed E-state index contributed by atoms with van der Waals surface area (Å²) in [5.41, 5.74) is 1.43. The highest BCUT2D eigenvalue weighted by atomic mass is 32.2. The van der Waals surface area contributed by atoms with Crippen molar-refractivity contribution in [1.29, 1.82) is 0 Å². The molecule has 134 valence electrons.